The number of halogens is 2. The number of rotatable bonds is 3. The van der Waals surface area contributed by atoms with Crippen LogP contribution in [0.2, 0.25) is 9.36 Å². The van der Waals surface area contributed by atoms with Crippen molar-refractivity contribution in [3.8, 4) is 0 Å². The minimum absolute atomic E-state index is 0.534. The first-order chi connectivity index (χ1) is 7.65. The summed E-state index contributed by atoms with van der Waals surface area (Å²) in [5, 5.41) is 10.7. The second-order valence-corrected chi connectivity index (χ2v) is 5.72. The van der Waals surface area contributed by atoms with Crippen LogP contribution < -0.4 is 0 Å². The van der Waals surface area contributed by atoms with Gasteiger partial charge in [-0.3, -0.25) is 0 Å². The number of hydrogen-bond acceptors (Lipinski definition) is 2. The molecule has 1 aromatic heterocycles. The molecule has 0 saturated carbocycles. The van der Waals surface area contributed by atoms with Crippen molar-refractivity contribution in [2.24, 2.45) is 0 Å². The van der Waals surface area contributed by atoms with E-state index in [2.05, 4.69) is 0 Å². The normalized spacial score (nSPS) is 12.7. The van der Waals surface area contributed by atoms with E-state index >= 15 is 0 Å². The molecule has 0 fully saturated rings. The predicted octanol–water partition coefficient (Wildman–Crippen LogP) is 4.33. The van der Waals surface area contributed by atoms with Crippen LogP contribution in [0.25, 0.3) is 0 Å². The Morgan fingerprint density at radius 1 is 1.19 bits per heavy atom. The average molecular weight is 273 g/mol. The number of hydrogen-bond donors (Lipinski definition) is 1. The molecule has 1 aromatic carbocycles. The highest BCUT2D eigenvalue weighted by atomic mass is 35.5. The van der Waals surface area contributed by atoms with Gasteiger partial charge in [0.1, 0.15) is 0 Å². The van der Waals surface area contributed by atoms with Gasteiger partial charge >= 0.3 is 0 Å². The Hall–Kier alpha value is -0.540. The van der Waals surface area contributed by atoms with E-state index in [1.165, 1.54) is 11.3 Å². The van der Waals surface area contributed by atoms with E-state index in [1.807, 2.05) is 24.3 Å². The lowest BCUT2D eigenvalue weighted by Gasteiger charge is -2.09. The minimum Gasteiger partial charge on any atom is -0.388 e. The molecular formula is C12H10Cl2OS. The Balaban J connectivity index is 2.11. The lowest BCUT2D eigenvalue weighted by atomic mass is 10.1. The molecule has 16 heavy (non-hydrogen) atoms. The van der Waals surface area contributed by atoms with Gasteiger partial charge in [0.25, 0.3) is 0 Å². The lowest BCUT2D eigenvalue weighted by Crippen LogP contribution is -2.00. The molecule has 0 spiro atoms. The minimum atomic E-state index is -0.534. The molecule has 0 amide bonds. The highest BCUT2D eigenvalue weighted by Crippen LogP contribution is 2.27. The maximum absolute atomic E-state index is 10.0. The summed E-state index contributed by atoms with van der Waals surface area (Å²) >= 11 is 13.2. The Kier molecular flexibility index (Phi) is 3.87. The van der Waals surface area contributed by atoms with Crippen molar-refractivity contribution in [1.29, 1.82) is 0 Å². The van der Waals surface area contributed by atoms with Gasteiger partial charge in [-0.2, -0.15) is 0 Å². The average Bonchev–Trinajstić information content (AvgIpc) is 2.64. The second kappa shape index (κ2) is 5.19. The molecule has 0 aliphatic heterocycles. The summed E-state index contributed by atoms with van der Waals surface area (Å²) in [7, 11) is 0. The highest BCUT2D eigenvalue weighted by Gasteiger charge is 2.10. The van der Waals surface area contributed by atoms with Gasteiger partial charge in [0.15, 0.2) is 0 Å². The first kappa shape index (κ1) is 11.9. The van der Waals surface area contributed by atoms with Gasteiger partial charge in [0.05, 0.1) is 10.4 Å². The molecule has 0 saturated heterocycles. The van der Waals surface area contributed by atoms with Crippen molar-refractivity contribution in [3.05, 3.63) is 56.2 Å². The third-order valence-corrected chi connectivity index (χ3v) is 3.75. The molecule has 2 aromatic rings. The van der Waals surface area contributed by atoms with Crippen molar-refractivity contribution >= 4 is 34.5 Å². The van der Waals surface area contributed by atoms with Crippen molar-refractivity contribution in [2.75, 3.05) is 0 Å². The van der Waals surface area contributed by atoms with E-state index in [0.717, 1.165) is 14.8 Å². The van der Waals surface area contributed by atoms with Crippen molar-refractivity contribution in [3.63, 3.8) is 0 Å². The summed E-state index contributed by atoms with van der Waals surface area (Å²) < 4.78 is 0.744. The summed E-state index contributed by atoms with van der Waals surface area (Å²) in [6, 6.07) is 11.0. The van der Waals surface area contributed by atoms with Crippen molar-refractivity contribution < 1.29 is 5.11 Å². The van der Waals surface area contributed by atoms with Crippen LogP contribution in [-0.2, 0) is 6.42 Å². The zero-order valence-corrected chi connectivity index (χ0v) is 10.7. The van der Waals surface area contributed by atoms with Crippen molar-refractivity contribution in [2.45, 2.75) is 12.5 Å². The van der Waals surface area contributed by atoms with Crippen LogP contribution in [0.4, 0.5) is 0 Å². The summed E-state index contributed by atoms with van der Waals surface area (Å²) in [5.41, 5.74) is 0.831. The van der Waals surface area contributed by atoms with Gasteiger partial charge < -0.3 is 5.11 Å². The number of aliphatic hydroxyl groups is 1. The zero-order valence-electron chi connectivity index (χ0n) is 8.36. The smallest absolute Gasteiger partial charge is 0.0931 e. The van der Waals surface area contributed by atoms with Crippen LogP contribution in [0.3, 0.4) is 0 Å². The van der Waals surface area contributed by atoms with E-state index in [4.69, 9.17) is 23.2 Å². The molecule has 0 bridgehead atoms. The molecule has 1 atom stereocenters. The van der Waals surface area contributed by atoms with Gasteiger partial charge in [-0.1, -0.05) is 35.3 Å². The van der Waals surface area contributed by atoms with E-state index in [9.17, 15) is 5.11 Å². The van der Waals surface area contributed by atoms with Gasteiger partial charge in [-0.25, -0.2) is 0 Å². The second-order valence-electron chi connectivity index (χ2n) is 3.48. The first-order valence-electron chi connectivity index (χ1n) is 4.83. The molecule has 2 rings (SSSR count). The molecule has 1 unspecified atom stereocenters. The molecule has 0 radical (unpaired) electrons. The van der Waals surface area contributed by atoms with Crippen molar-refractivity contribution in [1.82, 2.24) is 0 Å². The largest absolute Gasteiger partial charge is 0.388 e. The lowest BCUT2D eigenvalue weighted by molar-refractivity contribution is 0.179. The van der Waals surface area contributed by atoms with Gasteiger partial charge in [-0.15, -0.1) is 11.3 Å². The third kappa shape index (κ3) is 2.98. The summed E-state index contributed by atoms with van der Waals surface area (Å²) in [4.78, 5) is 1.07. The maximum Gasteiger partial charge on any atom is 0.0931 e. The molecule has 0 aliphatic rings. The molecule has 1 nitrogen and oxygen atoms in total. The number of benzene rings is 1. The van der Waals surface area contributed by atoms with Crippen LogP contribution in [0.5, 0.6) is 0 Å². The van der Waals surface area contributed by atoms with Crippen LogP contribution in [0.1, 0.15) is 16.5 Å². The van der Waals surface area contributed by atoms with E-state index < -0.39 is 6.10 Å². The Labute approximate surface area is 108 Å². The molecule has 1 N–H and O–H groups in total. The van der Waals surface area contributed by atoms with Gasteiger partial charge in [-0.05, 0) is 29.8 Å². The molecule has 0 aliphatic carbocycles. The first-order valence-corrected chi connectivity index (χ1v) is 6.40. The van der Waals surface area contributed by atoms with Crippen LogP contribution in [-0.4, -0.2) is 5.11 Å². The quantitative estimate of drug-likeness (QED) is 0.882. The molecule has 1 heterocycles. The standard InChI is InChI=1S/C12H10Cl2OS/c13-9-3-1-2-8(6-9)11(15)7-10-4-5-12(14)16-10/h1-6,11,15H,7H2. The SMILES string of the molecule is OC(Cc1ccc(Cl)s1)c1cccc(Cl)c1. The Bertz CT molecular complexity index is 481. The fourth-order valence-electron chi connectivity index (χ4n) is 1.48. The molecular weight excluding hydrogens is 263 g/mol. The number of thiophene rings is 1. The molecule has 84 valence electrons. The maximum atomic E-state index is 10.0. The topological polar surface area (TPSA) is 20.2 Å². The van der Waals surface area contributed by atoms with E-state index in [0.29, 0.717) is 11.4 Å². The fraction of sp³-hybridized carbons (Fsp3) is 0.167. The summed E-state index contributed by atoms with van der Waals surface area (Å²) in [6.45, 7) is 0. The van der Waals surface area contributed by atoms with Crippen LogP contribution in [0.15, 0.2) is 36.4 Å². The third-order valence-electron chi connectivity index (χ3n) is 2.26. The number of aliphatic hydroxyl groups excluding tert-OH is 1. The van der Waals surface area contributed by atoms with Crippen LogP contribution in [0, 0.1) is 0 Å². The monoisotopic (exact) mass is 272 g/mol. The van der Waals surface area contributed by atoms with E-state index in [-0.39, 0.29) is 0 Å². The fourth-order valence-corrected chi connectivity index (χ4v) is 2.81. The van der Waals surface area contributed by atoms with Gasteiger partial charge in [0.2, 0.25) is 0 Å². The highest BCUT2D eigenvalue weighted by molar-refractivity contribution is 7.16. The summed E-state index contributed by atoms with van der Waals surface area (Å²) in [6.07, 6.45) is 0.0333. The van der Waals surface area contributed by atoms with Crippen LogP contribution >= 0.6 is 34.5 Å². The Morgan fingerprint density at radius 3 is 2.62 bits per heavy atom. The molecule has 4 heteroatoms. The summed E-state index contributed by atoms with van der Waals surface area (Å²) in [5.74, 6) is 0. The predicted molar refractivity (Wildman–Crippen MR) is 69.4 cm³/mol. The Morgan fingerprint density at radius 2 is 2.00 bits per heavy atom. The zero-order chi connectivity index (χ0) is 11.5. The van der Waals surface area contributed by atoms with Gasteiger partial charge in [0, 0.05) is 16.3 Å². The van der Waals surface area contributed by atoms with E-state index in [1.54, 1.807) is 12.1 Å².